The SMILES string of the molecule is COc1ccc2nc(CC(C)S)[nH]c2c1. The van der Waals surface area contributed by atoms with Crippen LogP contribution < -0.4 is 4.74 Å². The van der Waals surface area contributed by atoms with Crippen molar-refractivity contribution >= 4 is 23.7 Å². The van der Waals surface area contributed by atoms with Gasteiger partial charge in [-0.1, -0.05) is 6.92 Å². The maximum atomic E-state index is 5.15. The Balaban J connectivity index is 2.37. The minimum absolute atomic E-state index is 0.312. The molecule has 15 heavy (non-hydrogen) atoms. The average Bonchev–Trinajstić information content (AvgIpc) is 2.57. The van der Waals surface area contributed by atoms with Crippen molar-refractivity contribution < 1.29 is 4.74 Å². The number of H-pyrrole nitrogens is 1. The zero-order valence-corrected chi connectivity index (χ0v) is 9.71. The molecule has 0 saturated carbocycles. The highest BCUT2D eigenvalue weighted by Gasteiger charge is 2.05. The predicted octanol–water partition coefficient (Wildman–Crippen LogP) is 2.43. The maximum Gasteiger partial charge on any atom is 0.121 e. The quantitative estimate of drug-likeness (QED) is 0.783. The number of aromatic amines is 1. The van der Waals surface area contributed by atoms with Crippen molar-refractivity contribution in [2.45, 2.75) is 18.6 Å². The third-order valence-electron chi connectivity index (χ3n) is 2.23. The zero-order chi connectivity index (χ0) is 10.8. The molecule has 2 aromatic rings. The Bertz CT molecular complexity index is 465. The highest BCUT2D eigenvalue weighted by molar-refractivity contribution is 7.80. The third-order valence-corrected chi connectivity index (χ3v) is 2.41. The fourth-order valence-electron chi connectivity index (χ4n) is 1.55. The Labute approximate surface area is 94.3 Å². The van der Waals surface area contributed by atoms with E-state index in [9.17, 15) is 0 Å². The van der Waals surface area contributed by atoms with Crippen LogP contribution in [0.4, 0.5) is 0 Å². The van der Waals surface area contributed by atoms with Crippen LogP contribution in [0.5, 0.6) is 5.75 Å². The summed E-state index contributed by atoms with van der Waals surface area (Å²) in [4.78, 5) is 7.73. The van der Waals surface area contributed by atoms with Crippen LogP contribution in [0.15, 0.2) is 18.2 Å². The van der Waals surface area contributed by atoms with Crippen LogP contribution in [0.3, 0.4) is 0 Å². The van der Waals surface area contributed by atoms with E-state index >= 15 is 0 Å². The molecule has 0 radical (unpaired) electrons. The zero-order valence-electron chi connectivity index (χ0n) is 8.82. The number of aromatic nitrogens is 2. The molecule has 0 spiro atoms. The molecule has 0 fully saturated rings. The molecule has 0 bridgehead atoms. The average molecular weight is 222 g/mol. The van der Waals surface area contributed by atoms with Crippen molar-refractivity contribution in [3.8, 4) is 5.75 Å². The van der Waals surface area contributed by atoms with Gasteiger partial charge in [0.1, 0.15) is 11.6 Å². The van der Waals surface area contributed by atoms with Gasteiger partial charge in [-0.05, 0) is 12.1 Å². The van der Waals surface area contributed by atoms with Gasteiger partial charge in [-0.15, -0.1) is 0 Å². The normalized spacial score (nSPS) is 13.0. The third kappa shape index (κ3) is 2.26. The number of thiol groups is 1. The van der Waals surface area contributed by atoms with E-state index in [-0.39, 0.29) is 0 Å². The molecule has 1 N–H and O–H groups in total. The molecule has 0 aliphatic heterocycles. The Hall–Kier alpha value is -1.16. The first-order valence-corrected chi connectivity index (χ1v) is 5.41. The van der Waals surface area contributed by atoms with Crippen LogP contribution >= 0.6 is 12.6 Å². The number of fused-ring (bicyclic) bond motifs is 1. The van der Waals surface area contributed by atoms with E-state index < -0.39 is 0 Å². The lowest BCUT2D eigenvalue weighted by Crippen LogP contribution is -1.98. The van der Waals surface area contributed by atoms with Crippen LogP contribution in [0.1, 0.15) is 12.7 Å². The molecule has 1 unspecified atom stereocenters. The maximum absolute atomic E-state index is 5.15. The summed E-state index contributed by atoms with van der Waals surface area (Å²) < 4.78 is 5.15. The first kappa shape index (κ1) is 10.4. The number of hydrogen-bond acceptors (Lipinski definition) is 3. The summed E-state index contributed by atoms with van der Waals surface area (Å²) in [6.07, 6.45) is 0.847. The van der Waals surface area contributed by atoms with Gasteiger partial charge in [-0.2, -0.15) is 12.6 Å². The Morgan fingerprint density at radius 3 is 3.00 bits per heavy atom. The highest BCUT2D eigenvalue weighted by Crippen LogP contribution is 2.19. The molecule has 2 rings (SSSR count). The van der Waals surface area contributed by atoms with E-state index in [2.05, 4.69) is 29.5 Å². The summed E-state index contributed by atoms with van der Waals surface area (Å²) in [7, 11) is 1.66. The van der Waals surface area contributed by atoms with Crippen LogP contribution in [0, 0.1) is 0 Å². The number of hydrogen-bond donors (Lipinski definition) is 2. The van der Waals surface area contributed by atoms with Crippen LogP contribution in [-0.4, -0.2) is 22.3 Å². The molecule has 1 heterocycles. The van der Waals surface area contributed by atoms with Gasteiger partial charge in [-0.3, -0.25) is 0 Å². The van der Waals surface area contributed by atoms with E-state index in [1.54, 1.807) is 7.11 Å². The summed E-state index contributed by atoms with van der Waals surface area (Å²) in [5.74, 6) is 1.82. The van der Waals surface area contributed by atoms with Crippen LogP contribution in [0.25, 0.3) is 11.0 Å². The molecule has 0 aliphatic rings. The largest absolute Gasteiger partial charge is 0.497 e. The van der Waals surface area contributed by atoms with E-state index in [1.165, 1.54) is 0 Å². The number of benzene rings is 1. The van der Waals surface area contributed by atoms with Crippen molar-refractivity contribution in [1.82, 2.24) is 9.97 Å². The van der Waals surface area contributed by atoms with Crippen molar-refractivity contribution in [3.63, 3.8) is 0 Å². The monoisotopic (exact) mass is 222 g/mol. The van der Waals surface area contributed by atoms with E-state index in [0.29, 0.717) is 5.25 Å². The number of imidazole rings is 1. The lowest BCUT2D eigenvalue weighted by Gasteiger charge is -1.98. The Kier molecular flexibility index (Phi) is 2.86. The molecular formula is C11H14N2OS. The summed E-state index contributed by atoms with van der Waals surface area (Å²) in [6.45, 7) is 2.05. The van der Waals surface area contributed by atoms with Crippen LogP contribution in [-0.2, 0) is 6.42 Å². The summed E-state index contributed by atoms with van der Waals surface area (Å²) in [6, 6.07) is 5.82. The predicted molar refractivity (Wildman–Crippen MR) is 64.8 cm³/mol. The number of nitrogens with one attached hydrogen (secondary N) is 1. The van der Waals surface area contributed by atoms with E-state index in [4.69, 9.17) is 4.74 Å². The number of ether oxygens (including phenoxy) is 1. The van der Waals surface area contributed by atoms with Gasteiger partial charge in [-0.25, -0.2) is 4.98 Å². The second-order valence-electron chi connectivity index (χ2n) is 3.62. The first-order valence-electron chi connectivity index (χ1n) is 4.89. The van der Waals surface area contributed by atoms with E-state index in [1.807, 2.05) is 18.2 Å². The van der Waals surface area contributed by atoms with Crippen molar-refractivity contribution in [1.29, 1.82) is 0 Å². The molecule has 1 aromatic heterocycles. The lowest BCUT2D eigenvalue weighted by atomic mass is 10.3. The number of nitrogens with zero attached hydrogens (tertiary/aromatic N) is 1. The van der Waals surface area contributed by atoms with Gasteiger partial charge in [0.25, 0.3) is 0 Å². The molecule has 3 nitrogen and oxygen atoms in total. The molecule has 0 amide bonds. The first-order chi connectivity index (χ1) is 7.19. The van der Waals surface area contributed by atoms with Crippen molar-refractivity contribution in [2.24, 2.45) is 0 Å². The topological polar surface area (TPSA) is 37.9 Å². The standard InChI is InChI=1S/C11H14N2OS/c1-7(15)5-11-12-9-4-3-8(14-2)6-10(9)13-11/h3-4,6-7,15H,5H2,1-2H3,(H,12,13). The van der Waals surface area contributed by atoms with Gasteiger partial charge >= 0.3 is 0 Å². The Morgan fingerprint density at radius 1 is 1.53 bits per heavy atom. The summed E-state index contributed by atoms with van der Waals surface area (Å²) in [5.41, 5.74) is 1.98. The van der Waals surface area contributed by atoms with Gasteiger partial charge < -0.3 is 9.72 Å². The minimum atomic E-state index is 0.312. The second-order valence-corrected chi connectivity index (χ2v) is 4.50. The van der Waals surface area contributed by atoms with Crippen LogP contribution in [0.2, 0.25) is 0 Å². The smallest absolute Gasteiger partial charge is 0.121 e. The van der Waals surface area contributed by atoms with Gasteiger partial charge in [0.2, 0.25) is 0 Å². The van der Waals surface area contributed by atoms with Gasteiger partial charge in [0, 0.05) is 17.7 Å². The number of rotatable bonds is 3. The molecule has 1 atom stereocenters. The van der Waals surface area contributed by atoms with Gasteiger partial charge in [0.15, 0.2) is 0 Å². The molecular weight excluding hydrogens is 208 g/mol. The molecule has 0 aliphatic carbocycles. The van der Waals surface area contributed by atoms with Crippen molar-refractivity contribution in [2.75, 3.05) is 7.11 Å². The molecule has 80 valence electrons. The molecule has 0 saturated heterocycles. The molecule has 1 aromatic carbocycles. The summed E-state index contributed by atoms with van der Waals surface area (Å²) >= 11 is 4.35. The number of methoxy groups -OCH3 is 1. The minimum Gasteiger partial charge on any atom is -0.497 e. The second kappa shape index (κ2) is 4.14. The lowest BCUT2D eigenvalue weighted by molar-refractivity contribution is 0.415. The Morgan fingerprint density at radius 2 is 2.33 bits per heavy atom. The molecule has 4 heteroatoms. The van der Waals surface area contributed by atoms with E-state index in [0.717, 1.165) is 29.0 Å². The summed E-state index contributed by atoms with van der Waals surface area (Å²) in [5, 5.41) is 0.312. The van der Waals surface area contributed by atoms with Crippen molar-refractivity contribution in [3.05, 3.63) is 24.0 Å². The highest BCUT2D eigenvalue weighted by atomic mass is 32.1. The fraction of sp³-hybridized carbons (Fsp3) is 0.364. The fourth-order valence-corrected chi connectivity index (χ4v) is 1.72. The van der Waals surface area contributed by atoms with Gasteiger partial charge in [0.05, 0.1) is 18.1 Å².